The number of pyridine rings is 1. The van der Waals surface area contributed by atoms with Crippen LogP contribution >= 0.6 is 11.8 Å². The molecule has 294 valence electrons. The molecule has 4 aliphatic rings. The van der Waals surface area contributed by atoms with Crippen LogP contribution in [0.2, 0.25) is 0 Å². The zero-order valence-corrected chi connectivity index (χ0v) is 31.9. The molecule has 5 heterocycles. The fraction of sp³-hybridized carbons (Fsp3) is 0.526. The number of anilines is 1. The lowest BCUT2D eigenvalue weighted by Crippen LogP contribution is -2.50. The summed E-state index contributed by atoms with van der Waals surface area (Å²) in [4.78, 5) is 85.9. The summed E-state index contributed by atoms with van der Waals surface area (Å²) >= 11 is 1.11. The van der Waals surface area contributed by atoms with E-state index >= 15 is 0 Å². The van der Waals surface area contributed by atoms with Crippen molar-refractivity contribution in [2.45, 2.75) is 69.8 Å². The van der Waals surface area contributed by atoms with Crippen molar-refractivity contribution in [1.82, 2.24) is 29.6 Å². The van der Waals surface area contributed by atoms with Crippen molar-refractivity contribution < 1.29 is 33.9 Å². The monoisotopic (exact) mass is 775 g/mol. The fourth-order valence-electron chi connectivity index (χ4n) is 7.20. The number of carbonyl (C=O) groups excluding carboxylic acids is 5. The number of carbonyl (C=O) groups is 6. The number of piperazine rings is 1. The average Bonchev–Trinajstić information content (AvgIpc) is 3.73. The minimum atomic E-state index is -1.14. The van der Waals surface area contributed by atoms with E-state index in [1.807, 2.05) is 42.2 Å². The van der Waals surface area contributed by atoms with Crippen LogP contribution in [0.3, 0.4) is 0 Å². The van der Waals surface area contributed by atoms with E-state index in [9.17, 15) is 28.8 Å². The first kappa shape index (κ1) is 39.8. The maximum absolute atomic E-state index is 12.9. The zero-order valence-electron chi connectivity index (χ0n) is 31.1. The first-order chi connectivity index (χ1) is 26.5. The third kappa shape index (κ3) is 10.1. The number of likely N-dealkylation sites (tertiary alicyclic amines) is 1. The summed E-state index contributed by atoms with van der Waals surface area (Å²) in [6.07, 6.45) is 6.28. The molecular formula is C38H49N9O7S. The predicted octanol–water partition coefficient (Wildman–Crippen LogP) is 2.18. The number of amides is 6. The number of imide groups is 1. The van der Waals surface area contributed by atoms with Crippen LogP contribution in [0.1, 0.15) is 62.1 Å². The molecule has 0 aliphatic carbocycles. The minimum Gasteiger partial charge on any atom is -0.480 e. The molecule has 17 heteroatoms. The predicted molar refractivity (Wildman–Crippen MR) is 206 cm³/mol. The summed E-state index contributed by atoms with van der Waals surface area (Å²) in [5.74, 6) is -1.63. The van der Waals surface area contributed by atoms with Gasteiger partial charge in [-0.25, -0.2) is 9.80 Å². The van der Waals surface area contributed by atoms with Crippen molar-refractivity contribution in [3.63, 3.8) is 0 Å². The van der Waals surface area contributed by atoms with Crippen molar-refractivity contribution in [2.24, 2.45) is 16.8 Å². The largest absolute Gasteiger partial charge is 0.480 e. The summed E-state index contributed by atoms with van der Waals surface area (Å²) in [7, 11) is 0. The van der Waals surface area contributed by atoms with E-state index in [2.05, 4.69) is 15.2 Å². The van der Waals surface area contributed by atoms with E-state index in [0.717, 1.165) is 34.2 Å². The topological polar surface area (TPSA) is 202 Å². The van der Waals surface area contributed by atoms with Gasteiger partial charge in [0.2, 0.25) is 23.6 Å². The number of nitrogens with two attached hydrogens (primary N) is 1. The highest BCUT2D eigenvalue weighted by Gasteiger charge is 2.39. The lowest BCUT2D eigenvalue weighted by molar-refractivity contribution is -0.139. The van der Waals surface area contributed by atoms with Gasteiger partial charge < -0.3 is 26.0 Å². The number of nitrogens with one attached hydrogen (secondary N) is 1. The Kier molecular flexibility index (Phi) is 13.2. The molecule has 2 aromatic rings. The van der Waals surface area contributed by atoms with E-state index in [0.29, 0.717) is 90.1 Å². The molecule has 2 fully saturated rings. The zero-order chi connectivity index (χ0) is 39.1. The van der Waals surface area contributed by atoms with Crippen molar-refractivity contribution in [2.75, 3.05) is 56.9 Å². The Bertz CT molecular complexity index is 1780. The molecule has 6 amide bonds. The molecule has 2 unspecified atom stereocenters. The third-order valence-corrected chi connectivity index (χ3v) is 11.9. The highest BCUT2D eigenvalue weighted by atomic mass is 32.2. The Labute approximate surface area is 324 Å². The van der Waals surface area contributed by atoms with Crippen molar-refractivity contribution in [3.05, 3.63) is 59.4 Å². The van der Waals surface area contributed by atoms with E-state index in [1.54, 1.807) is 22.3 Å². The Morgan fingerprint density at radius 2 is 1.65 bits per heavy atom. The quantitative estimate of drug-likeness (QED) is 0.177. The molecule has 6 rings (SSSR count). The van der Waals surface area contributed by atoms with Gasteiger partial charge in [0.1, 0.15) is 6.04 Å². The third-order valence-electron chi connectivity index (χ3n) is 10.5. The normalized spacial score (nSPS) is 20.8. The number of thioether (sulfide) groups is 1. The number of hydrogen-bond acceptors (Lipinski definition) is 11. The molecule has 1 aromatic carbocycles. The second-order valence-corrected chi connectivity index (χ2v) is 15.7. The highest BCUT2D eigenvalue weighted by molar-refractivity contribution is 8.00. The van der Waals surface area contributed by atoms with Crippen LogP contribution in [0.4, 0.5) is 10.5 Å². The minimum absolute atomic E-state index is 0.0200. The van der Waals surface area contributed by atoms with E-state index in [4.69, 9.17) is 15.9 Å². The first-order valence-corrected chi connectivity index (χ1v) is 19.9. The van der Waals surface area contributed by atoms with E-state index in [-0.39, 0.29) is 54.3 Å². The molecule has 0 radical (unpaired) electrons. The van der Waals surface area contributed by atoms with Crippen LogP contribution in [-0.2, 0) is 37.1 Å². The summed E-state index contributed by atoms with van der Waals surface area (Å²) in [5, 5.41) is 17.6. The second kappa shape index (κ2) is 18.2. The standard InChI is InChI=1S/C38H49N9O7S/c1-25-19-34(50)47(42-35(25)26-6-8-29(9-7-26)41-38(54)45-22-27-10-11-40-21-28(27)23-45)18-15-43-13-16-44(17-14-43)32(48)5-3-2-4-12-46-33(49)20-31(36(46)51)55-24-30(39)37(52)53/h6-11,21,25,30-31H,2-5,12-20,22-24,39H2,1H3,(H,41,54)(H,52,53)/t25?,30-,31?/m0/s1. The van der Waals surface area contributed by atoms with Gasteiger partial charge in [-0.3, -0.25) is 38.8 Å². The number of rotatable bonds is 15. The number of unbranched alkanes of at least 4 members (excludes halogenated alkanes) is 2. The maximum atomic E-state index is 12.9. The van der Waals surface area contributed by atoms with Crippen molar-refractivity contribution >= 4 is 58.8 Å². The Morgan fingerprint density at radius 1 is 0.909 bits per heavy atom. The smallest absolute Gasteiger partial charge is 0.322 e. The maximum Gasteiger partial charge on any atom is 0.322 e. The van der Waals surface area contributed by atoms with Gasteiger partial charge in [-0.05, 0) is 47.7 Å². The fourth-order valence-corrected chi connectivity index (χ4v) is 8.32. The number of carboxylic acid groups (broad SMARTS) is 1. The van der Waals surface area contributed by atoms with E-state index < -0.39 is 17.3 Å². The van der Waals surface area contributed by atoms with Crippen LogP contribution in [0, 0.1) is 5.92 Å². The number of benzene rings is 1. The summed E-state index contributed by atoms with van der Waals surface area (Å²) < 4.78 is 0. The molecule has 4 N–H and O–H groups in total. The summed E-state index contributed by atoms with van der Waals surface area (Å²) in [5.41, 5.74) is 10.1. The molecule has 2 saturated heterocycles. The van der Waals surface area contributed by atoms with Crippen molar-refractivity contribution in [1.29, 1.82) is 0 Å². The molecule has 0 spiro atoms. The number of aromatic nitrogens is 1. The molecule has 4 aliphatic heterocycles. The van der Waals surface area contributed by atoms with Gasteiger partial charge in [-0.2, -0.15) is 5.10 Å². The molecule has 16 nitrogen and oxygen atoms in total. The van der Waals surface area contributed by atoms with Crippen LogP contribution in [0.15, 0.2) is 47.8 Å². The van der Waals surface area contributed by atoms with Crippen LogP contribution in [-0.4, -0.2) is 139 Å². The number of urea groups is 1. The first-order valence-electron chi connectivity index (χ1n) is 18.9. The Balaban J connectivity index is 0.884. The van der Waals surface area contributed by atoms with Gasteiger partial charge in [0.15, 0.2) is 0 Å². The molecule has 55 heavy (non-hydrogen) atoms. The molecule has 0 saturated carbocycles. The molecule has 0 bridgehead atoms. The summed E-state index contributed by atoms with van der Waals surface area (Å²) in [6, 6.07) is 8.24. The van der Waals surface area contributed by atoms with Crippen LogP contribution in [0.25, 0.3) is 0 Å². The van der Waals surface area contributed by atoms with Gasteiger partial charge in [0.05, 0.1) is 17.5 Å². The number of fused-ring (bicyclic) bond motifs is 1. The molecular weight excluding hydrogens is 727 g/mol. The lowest BCUT2D eigenvalue weighted by atomic mass is 9.93. The number of hydrogen-bond donors (Lipinski definition) is 3. The number of aliphatic carboxylic acids is 1. The lowest BCUT2D eigenvalue weighted by Gasteiger charge is -2.36. The second-order valence-electron chi connectivity index (χ2n) is 14.5. The average molecular weight is 776 g/mol. The van der Waals surface area contributed by atoms with Crippen LogP contribution in [0.5, 0.6) is 0 Å². The number of hydrazone groups is 1. The SMILES string of the molecule is CC1CC(=O)N(CCN2CCN(C(=O)CCCCCN3C(=O)CC(SC[C@H](N)C(=O)O)C3=O)CC2)N=C1c1ccc(NC(=O)N2Cc3ccncc3C2)cc1. The number of carboxylic acids is 1. The Morgan fingerprint density at radius 3 is 2.38 bits per heavy atom. The summed E-state index contributed by atoms with van der Waals surface area (Å²) in [6.45, 7) is 7.04. The van der Waals surface area contributed by atoms with Gasteiger partial charge in [-0.15, -0.1) is 11.8 Å². The van der Waals surface area contributed by atoms with Gasteiger partial charge in [-0.1, -0.05) is 25.5 Å². The van der Waals surface area contributed by atoms with Gasteiger partial charge in [0.25, 0.3) is 0 Å². The van der Waals surface area contributed by atoms with E-state index in [1.165, 1.54) is 4.90 Å². The Hall–Kier alpha value is -4.87. The van der Waals surface area contributed by atoms with Gasteiger partial charge in [0, 0.05) is 101 Å². The van der Waals surface area contributed by atoms with Crippen molar-refractivity contribution in [3.8, 4) is 0 Å². The number of nitrogens with zero attached hydrogens (tertiary/aromatic N) is 7. The van der Waals surface area contributed by atoms with Gasteiger partial charge >= 0.3 is 12.0 Å². The molecule has 1 aromatic heterocycles. The molecule has 3 atom stereocenters. The van der Waals surface area contributed by atoms with Crippen LogP contribution < -0.4 is 11.1 Å². The highest BCUT2D eigenvalue weighted by Crippen LogP contribution is 2.27.